The van der Waals surface area contributed by atoms with Gasteiger partial charge in [0.25, 0.3) is 0 Å². The zero-order valence-electron chi connectivity index (χ0n) is 21.0. The highest BCUT2D eigenvalue weighted by atomic mass is 32.1. The molecule has 39 heavy (non-hydrogen) atoms. The van der Waals surface area contributed by atoms with E-state index in [2.05, 4.69) is 5.32 Å². The van der Waals surface area contributed by atoms with E-state index in [1.807, 2.05) is 48.5 Å². The van der Waals surface area contributed by atoms with Crippen LogP contribution in [0.3, 0.4) is 0 Å². The maximum Gasteiger partial charge on any atom is 0.412 e. The van der Waals surface area contributed by atoms with Gasteiger partial charge in [-0.1, -0.05) is 54.6 Å². The van der Waals surface area contributed by atoms with Crippen LogP contribution >= 0.6 is 11.3 Å². The van der Waals surface area contributed by atoms with Crippen LogP contribution in [0.25, 0.3) is 21.6 Å². The summed E-state index contributed by atoms with van der Waals surface area (Å²) < 4.78 is 46.2. The Hall–Kier alpha value is -4.11. The normalized spacial score (nSPS) is 11.7. The van der Waals surface area contributed by atoms with Crippen LogP contribution in [0.2, 0.25) is 0 Å². The molecule has 0 fully saturated rings. The minimum atomic E-state index is -1.04. The highest BCUT2D eigenvalue weighted by molar-refractivity contribution is 7.14. The van der Waals surface area contributed by atoms with Crippen molar-refractivity contribution in [1.82, 2.24) is 0 Å². The van der Waals surface area contributed by atoms with Gasteiger partial charge in [0.15, 0.2) is 16.8 Å². The van der Waals surface area contributed by atoms with Crippen LogP contribution in [-0.2, 0) is 16.0 Å². The number of anilines is 1. The van der Waals surface area contributed by atoms with Crippen LogP contribution < -0.4 is 5.32 Å². The lowest BCUT2D eigenvalue weighted by molar-refractivity contribution is -0.137. The number of ether oxygens (including phenoxy) is 1. The molecule has 9 heteroatoms. The Morgan fingerprint density at radius 3 is 2.15 bits per heavy atom. The summed E-state index contributed by atoms with van der Waals surface area (Å²) >= 11 is 0.878. The number of carbonyl (C=O) groups is 2. The number of halogens is 3. The summed E-state index contributed by atoms with van der Waals surface area (Å²) in [5.74, 6) is -2.82. The molecule has 0 aliphatic rings. The SMILES string of the molecule is C[C@@H](OC(=O)Nc1cc(F)sc1-c1ccc(-c2ccc(CCCCC(=O)O)cc2)cc1)c1ccc(F)c(F)c1. The van der Waals surface area contributed by atoms with E-state index in [0.717, 1.165) is 53.0 Å². The first-order valence-electron chi connectivity index (χ1n) is 12.3. The molecular formula is C30H26F3NO4S. The smallest absolute Gasteiger partial charge is 0.412 e. The number of hydrogen-bond donors (Lipinski definition) is 2. The molecule has 0 aliphatic heterocycles. The number of aryl methyl sites for hydroxylation is 1. The maximum absolute atomic E-state index is 14.2. The molecule has 3 aromatic carbocycles. The summed E-state index contributed by atoms with van der Waals surface area (Å²) in [5.41, 5.74) is 4.31. The molecule has 1 atom stereocenters. The largest absolute Gasteiger partial charge is 0.481 e. The van der Waals surface area contributed by atoms with E-state index in [0.29, 0.717) is 16.9 Å². The first-order chi connectivity index (χ1) is 18.7. The molecule has 0 bridgehead atoms. The minimum absolute atomic E-state index is 0.174. The fraction of sp³-hybridized carbons (Fsp3) is 0.200. The van der Waals surface area contributed by atoms with Crippen LogP contribution in [0.1, 0.15) is 43.4 Å². The molecule has 1 amide bonds. The number of carboxylic acid groups (broad SMARTS) is 1. The van der Waals surface area contributed by atoms with Gasteiger partial charge in [-0.2, -0.15) is 4.39 Å². The number of rotatable bonds is 10. The molecule has 0 aliphatic carbocycles. The summed E-state index contributed by atoms with van der Waals surface area (Å²) in [5, 5.41) is 10.8. The monoisotopic (exact) mass is 553 g/mol. The Kier molecular flexibility index (Phi) is 9.03. The molecule has 1 aromatic heterocycles. The molecule has 4 aromatic rings. The van der Waals surface area contributed by atoms with E-state index in [9.17, 15) is 22.8 Å². The minimum Gasteiger partial charge on any atom is -0.481 e. The average Bonchev–Trinajstić information content (AvgIpc) is 3.28. The van der Waals surface area contributed by atoms with Gasteiger partial charge in [0, 0.05) is 12.5 Å². The van der Waals surface area contributed by atoms with Gasteiger partial charge in [-0.05, 0) is 66.1 Å². The molecule has 0 radical (unpaired) electrons. The van der Waals surface area contributed by atoms with E-state index in [1.54, 1.807) is 0 Å². The molecule has 0 unspecified atom stereocenters. The number of aliphatic carboxylic acids is 1. The molecule has 5 nitrogen and oxygen atoms in total. The van der Waals surface area contributed by atoms with Gasteiger partial charge in [0.2, 0.25) is 0 Å². The van der Waals surface area contributed by atoms with Crippen molar-refractivity contribution in [2.24, 2.45) is 0 Å². The van der Waals surface area contributed by atoms with Gasteiger partial charge in [-0.3, -0.25) is 10.1 Å². The fourth-order valence-electron chi connectivity index (χ4n) is 4.08. The van der Waals surface area contributed by atoms with Gasteiger partial charge in [-0.25, -0.2) is 13.6 Å². The van der Waals surface area contributed by atoms with E-state index in [1.165, 1.54) is 19.1 Å². The number of benzene rings is 3. The topological polar surface area (TPSA) is 75.6 Å². The van der Waals surface area contributed by atoms with Crippen LogP contribution in [0.5, 0.6) is 0 Å². The number of carboxylic acids is 1. The van der Waals surface area contributed by atoms with Gasteiger partial charge < -0.3 is 9.84 Å². The van der Waals surface area contributed by atoms with Crippen LogP contribution in [0, 0.1) is 16.8 Å². The van der Waals surface area contributed by atoms with E-state index in [-0.39, 0.29) is 17.7 Å². The van der Waals surface area contributed by atoms with Gasteiger partial charge in [-0.15, -0.1) is 11.3 Å². The Bertz CT molecular complexity index is 1450. The lowest BCUT2D eigenvalue weighted by Crippen LogP contribution is -2.16. The Morgan fingerprint density at radius 2 is 1.51 bits per heavy atom. The number of amides is 1. The zero-order chi connectivity index (χ0) is 27.9. The van der Waals surface area contributed by atoms with Crippen molar-refractivity contribution in [3.63, 3.8) is 0 Å². The number of nitrogens with one attached hydrogen (secondary N) is 1. The third kappa shape index (κ3) is 7.48. The van der Waals surface area contributed by atoms with Gasteiger partial charge in [0.1, 0.15) is 6.10 Å². The van der Waals surface area contributed by atoms with Crippen molar-refractivity contribution in [3.05, 3.63) is 101 Å². The second-order valence-corrected chi connectivity index (χ2v) is 10.0. The van der Waals surface area contributed by atoms with Crippen molar-refractivity contribution >= 4 is 29.1 Å². The zero-order valence-corrected chi connectivity index (χ0v) is 21.9. The van der Waals surface area contributed by atoms with E-state index < -0.39 is 34.9 Å². The standard InChI is InChI=1S/C30H26F3NO4S/c1-18(23-14-15-24(31)25(32)16-23)38-30(37)34-26-17-27(33)39-29(26)22-12-10-21(11-13-22)20-8-6-19(7-9-20)4-2-3-5-28(35)36/h6-18H,2-5H2,1H3,(H,34,37)(H,35,36)/t18-/m1/s1. The van der Waals surface area contributed by atoms with Crippen molar-refractivity contribution in [2.45, 2.75) is 38.7 Å². The molecule has 2 N–H and O–H groups in total. The van der Waals surface area contributed by atoms with Crippen molar-refractivity contribution < 1.29 is 32.6 Å². The van der Waals surface area contributed by atoms with Crippen molar-refractivity contribution in [3.8, 4) is 21.6 Å². The summed E-state index contributed by atoms with van der Waals surface area (Å²) in [6.45, 7) is 1.52. The predicted octanol–water partition coefficient (Wildman–Crippen LogP) is 8.61. The second-order valence-electron chi connectivity index (χ2n) is 9.01. The fourth-order valence-corrected chi connectivity index (χ4v) is 4.93. The van der Waals surface area contributed by atoms with Crippen molar-refractivity contribution in [2.75, 3.05) is 5.32 Å². The Labute approximate surface area is 227 Å². The number of carbonyl (C=O) groups excluding carboxylic acids is 1. The molecule has 0 saturated heterocycles. The maximum atomic E-state index is 14.2. The third-order valence-electron chi connectivity index (χ3n) is 6.18. The number of thiophene rings is 1. The molecule has 0 saturated carbocycles. The van der Waals surface area contributed by atoms with Gasteiger partial charge >= 0.3 is 12.1 Å². The third-order valence-corrected chi connectivity index (χ3v) is 7.15. The summed E-state index contributed by atoms with van der Waals surface area (Å²) in [4.78, 5) is 23.6. The molecule has 202 valence electrons. The van der Waals surface area contributed by atoms with Crippen LogP contribution in [0.15, 0.2) is 72.8 Å². The Morgan fingerprint density at radius 1 is 0.872 bits per heavy atom. The van der Waals surface area contributed by atoms with Crippen molar-refractivity contribution in [1.29, 1.82) is 0 Å². The number of unbranched alkanes of at least 4 members (excludes halogenated alkanes) is 1. The lowest BCUT2D eigenvalue weighted by Gasteiger charge is -2.15. The second kappa shape index (κ2) is 12.6. The predicted molar refractivity (Wildman–Crippen MR) is 145 cm³/mol. The van der Waals surface area contributed by atoms with Crippen LogP contribution in [0.4, 0.5) is 23.7 Å². The summed E-state index contributed by atoms with van der Waals surface area (Å²) in [6, 6.07) is 20.0. The highest BCUT2D eigenvalue weighted by Gasteiger charge is 2.18. The van der Waals surface area contributed by atoms with Gasteiger partial charge in [0.05, 0.1) is 10.6 Å². The first-order valence-corrected chi connectivity index (χ1v) is 13.1. The van der Waals surface area contributed by atoms with E-state index in [4.69, 9.17) is 9.84 Å². The van der Waals surface area contributed by atoms with E-state index >= 15 is 0 Å². The Balaban J connectivity index is 1.40. The molecule has 1 heterocycles. The summed E-state index contributed by atoms with van der Waals surface area (Å²) in [7, 11) is 0. The number of hydrogen-bond acceptors (Lipinski definition) is 4. The highest BCUT2D eigenvalue weighted by Crippen LogP contribution is 2.37. The quantitative estimate of drug-likeness (QED) is 0.193. The molecule has 4 rings (SSSR count). The molecular weight excluding hydrogens is 527 g/mol. The summed E-state index contributed by atoms with van der Waals surface area (Å²) in [6.07, 6.45) is 0.727. The average molecular weight is 554 g/mol. The lowest BCUT2D eigenvalue weighted by atomic mass is 10.00. The van der Waals surface area contributed by atoms with Crippen LogP contribution in [-0.4, -0.2) is 17.2 Å². The molecule has 0 spiro atoms. The first kappa shape index (κ1) is 27.9.